The van der Waals surface area contributed by atoms with Crippen LogP contribution < -0.4 is 4.74 Å². The van der Waals surface area contributed by atoms with Crippen molar-refractivity contribution in [2.45, 2.75) is 6.54 Å². The lowest BCUT2D eigenvalue weighted by Crippen LogP contribution is -2.47. The zero-order chi connectivity index (χ0) is 17.6. The lowest BCUT2D eigenvalue weighted by atomic mass is 10.1. The Morgan fingerprint density at radius 3 is 2.19 bits per heavy atom. The van der Waals surface area contributed by atoms with Gasteiger partial charge in [0.2, 0.25) is 0 Å². The van der Waals surface area contributed by atoms with Crippen molar-refractivity contribution in [3.05, 3.63) is 78.4 Å². The number of hydrogen-bond acceptors (Lipinski definition) is 3. The van der Waals surface area contributed by atoms with Gasteiger partial charge in [-0.1, -0.05) is 54.6 Å². The average Bonchev–Trinajstić information content (AvgIpc) is 2.70. The van der Waals surface area contributed by atoms with Crippen molar-refractivity contribution < 1.29 is 4.74 Å². The molecule has 134 valence electrons. The molecule has 1 fully saturated rings. The van der Waals surface area contributed by atoms with E-state index in [1.807, 2.05) is 30.3 Å². The minimum absolute atomic E-state index is 0.759. The van der Waals surface area contributed by atoms with Gasteiger partial charge >= 0.3 is 0 Å². The van der Waals surface area contributed by atoms with Gasteiger partial charge in [0.25, 0.3) is 0 Å². The molecule has 3 aromatic carbocycles. The summed E-state index contributed by atoms with van der Waals surface area (Å²) in [6, 6.07) is 25.5. The monoisotopic (exact) mass is 346 g/mol. The van der Waals surface area contributed by atoms with Gasteiger partial charge in [-0.25, -0.2) is 0 Å². The van der Waals surface area contributed by atoms with Crippen LogP contribution in [-0.4, -0.2) is 49.1 Å². The Labute approximate surface area is 155 Å². The van der Waals surface area contributed by atoms with E-state index in [0.717, 1.165) is 51.6 Å². The topological polar surface area (TPSA) is 15.7 Å². The lowest BCUT2D eigenvalue weighted by Gasteiger charge is -2.34. The highest BCUT2D eigenvalue weighted by Gasteiger charge is 2.16. The Bertz CT molecular complexity index is 826. The van der Waals surface area contributed by atoms with Crippen molar-refractivity contribution in [2.24, 2.45) is 0 Å². The number of hydrogen-bond donors (Lipinski definition) is 0. The van der Waals surface area contributed by atoms with E-state index in [9.17, 15) is 0 Å². The first-order valence-corrected chi connectivity index (χ1v) is 9.47. The van der Waals surface area contributed by atoms with Crippen molar-refractivity contribution in [1.82, 2.24) is 9.80 Å². The average molecular weight is 346 g/mol. The van der Waals surface area contributed by atoms with E-state index in [1.165, 1.54) is 16.3 Å². The molecule has 0 radical (unpaired) electrons. The first-order valence-electron chi connectivity index (χ1n) is 9.47. The third kappa shape index (κ3) is 4.43. The normalized spacial score (nSPS) is 16.0. The molecule has 1 saturated heterocycles. The molecule has 0 aliphatic carbocycles. The second-order valence-electron chi connectivity index (χ2n) is 6.96. The molecule has 0 saturated carbocycles. The summed E-state index contributed by atoms with van der Waals surface area (Å²) in [5.41, 5.74) is 1.41. The van der Waals surface area contributed by atoms with Crippen LogP contribution in [0, 0.1) is 0 Å². The largest absolute Gasteiger partial charge is 0.492 e. The van der Waals surface area contributed by atoms with Crippen molar-refractivity contribution in [3.63, 3.8) is 0 Å². The number of fused-ring (bicyclic) bond motifs is 1. The van der Waals surface area contributed by atoms with E-state index in [4.69, 9.17) is 4.74 Å². The van der Waals surface area contributed by atoms with Gasteiger partial charge in [-0.3, -0.25) is 9.80 Å². The van der Waals surface area contributed by atoms with Crippen LogP contribution in [0.4, 0.5) is 0 Å². The summed E-state index contributed by atoms with van der Waals surface area (Å²) in [7, 11) is 0. The van der Waals surface area contributed by atoms with Crippen LogP contribution in [0.3, 0.4) is 0 Å². The van der Waals surface area contributed by atoms with E-state index in [1.54, 1.807) is 0 Å². The molecule has 4 rings (SSSR count). The fourth-order valence-electron chi connectivity index (χ4n) is 3.58. The zero-order valence-corrected chi connectivity index (χ0v) is 15.2. The quantitative estimate of drug-likeness (QED) is 0.670. The maximum atomic E-state index is 5.82. The van der Waals surface area contributed by atoms with Crippen LogP contribution in [-0.2, 0) is 6.54 Å². The van der Waals surface area contributed by atoms with E-state index < -0.39 is 0 Å². The van der Waals surface area contributed by atoms with Gasteiger partial charge in [-0.05, 0) is 34.5 Å². The molecule has 0 spiro atoms. The molecule has 1 aliphatic rings. The van der Waals surface area contributed by atoms with Crippen molar-refractivity contribution >= 4 is 10.8 Å². The van der Waals surface area contributed by atoms with Crippen LogP contribution in [0.5, 0.6) is 5.75 Å². The zero-order valence-electron chi connectivity index (χ0n) is 15.2. The highest BCUT2D eigenvalue weighted by Crippen LogP contribution is 2.17. The molecule has 0 N–H and O–H groups in total. The molecule has 0 aromatic heterocycles. The Morgan fingerprint density at radius 2 is 1.38 bits per heavy atom. The van der Waals surface area contributed by atoms with Gasteiger partial charge < -0.3 is 4.74 Å². The Morgan fingerprint density at radius 1 is 0.692 bits per heavy atom. The van der Waals surface area contributed by atoms with Crippen molar-refractivity contribution in [3.8, 4) is 5.75 Å². The molecule has 1 heterocycles. The van der Waals surface area contributed by atoms with Gasteiger partial charge in [0.1, 0.15) is 12.4 Å². The van der Waals surface area contributed by atoms with Crippen LogP contribution in [0.25, 0.3) is 10.8 Å². The second kappa shape index (κ2) is 8.35. The summed E-state index contributed by atoms with van der Waals surface area (Å²) in [4.78, 5) is 5.05. The van der Waals surface area contributed by atoms with Gasteiger partial charge in [-0.2, -0.15) is 0 Å². The second-order valence-corrected chi connectivity index (χ2v) is 6.96. The molecule has 1 aliphatic heterocycles. The SMILES string of the molecule is c1ccc(OCCN2CCN(Cc3ccc4ccccc4c3)CC2)cc1. The Balaban J connectivity index is 1.23. The minimum Gasteiger partial charge on any atom is -0.492 e. The first-order chi connectivity index (χ1) is 12.9. The molecule has 0 bridgehead atoms. The first kappa shape index (κ1) is 17.1. The number of para-hydroxylation sites is 1. The van der Waals surface area contributed by atoms with Crippen LogP contribution in [0.15, 0.2) is 72.8 Å². The molecule has 0 unspecified atom stereocenters. The van der Waals surface area contributed by atoms with E-state index in [2.05, 4.69) is 52.3 Å². The van der Waals surface area contributed by atoms with Gasteiger partial charge in [0.05, 0.1) is 0 Å². The van der Waals surface area contributed by atoms with E-state index in [0.29, 0.717) is 0 Å². The third-order valence-corrected chi connectivity index (χ3v) is 5.10. The summed E-state index contributed by atoms with van der Waals surface area (Å²) < 4.78 is 5.82. The number of ether oxygens (including phenoxy) is 1. The molecule has 26 heavy (non-hydrogen) atoms. The third-order valence-electron chi connectivity index (χ3n) is 5.10. The van der Waals surface area contributed by atoms with E-state index >= 15 is 0 Å². The fourth-order valence-corrected chi connectivity index (χ4v) is 3.58. The number of nitrogens with zero attached hydrogens (tertiary/aromatic N) is 2. The predicted molar refractivity (Wildman–Crippen MR) is 108 cm³/mol. The van der Waals surface area contributed by atoms with Crippen molar-refractivity contribution in [1.29, 1.82) is 0 Å². The number of rotatable bonds is 6. The van der Waals surface area contributed by atoms with Crippen LogP contribution in [0.1, 0.15) is 5.56 Å². The van der Waals surface area contributed by atoms with E-state index in [-0.39, 0.29) is 0 Å². The maximum absolute atomic E-state index is 5.82. The summed E-state index contributed by atoms with van der Waals surface area (Å²) in [5, 5.41) is 2.65. The summed E-state index contributed by atoms with van der Waals surface area (Å²) in [6.45, 7) is 7.28. The minimum atomic E-state index is 0.759. The van der Waals surface area contributed by atoms with Gasteiger partial charge in [-0.15, -0.1) is 0 Å². The fraction of sp³-hybridized carbons (Fsp3) is 0.304. The lowest BCUT2D eigenvalue weighted by molar-refractivity contribution is 0.112. The Hall–Kier alpha value is -2.36. The molecule has 3 nitrogen and oxygen atoms in total. The molecular weight excluding hydrogens is 320 g/mol. The highest BCUT2D eigenvalue weighted by atomic mass is 16.5. The van der Waals surface area contributed by atoms with Gasteiger partial charge in [0, 0.05) is 39.3 Å². The van der Waals surface area contributed by atoms with Crippen LogP contribution in [0.2, 0.25) is 0 Å². The molecule has 3 heteroatoms. The predicted octanol–water partition coefficient (Wildman–Crippen LogP) is 4.04. The van der Waals surface area contributed by atoms with Crippen molar-refractivity contribution in [2.75, 3.05) is 39.3 Å². The summed E-state index contributed by atoms with van der Waals surface area (Å²) in [5.74, 6) is 0.961. The standard InChI is InChI=1S/C23H26N2O/c1-2-8-23(9-3-1)26-17-16-24-12-14-25(15-13-24)19-20-10-11-21-6-4-5-7-22(21)18-20/h1-11,18H,12-17,19H2. The smallest absolute Gasteiger partial charge is 0.119 e. The number of benzene rings is 3. The molecule has 0 amide bonds. The molecule has 0 atom stereocenters. The van der Waals surface area contributed by atoms with Crippen LogP contribution >= 0.6 is 0 Å². The summed E-state index contributed by atoms with van der Waals surface area (Å²) >= 11 is 0. The van der Waals surface area contributed by atoms with Gasteiger partial charge in [0.15, 0.2) is 0 Å². The Kier molecular flexibility index (Phi) is 5.48. The molecular formula is C23H26N2O. The maximum Gasteiger partial charge on any atom is 0.119 e. The molecule has 3 aromatic rings. The number of piperazine rings is 1. The summed E-state index contributed by atoms with van der Waals surface area (Å²) in [6.07, 6.45) is 0. The highest BCUT2D eigenvalue weighted by molar-refractivity contribution is 5.82.